The zero-order valence-electron chi connectivity index (χ0n) is 11.5. The van der Waals surface area contributed by atoms with Gasteiger partial charge in [0.25, 0.3) is 0 Å². The van der Waals surface area contributed by atoms with E-state index < -0.39 is 0 Å². The van der Waals surface area contributed by atoms with Crippen molar-refractivity contribution in [3.8, 4) is 0 Å². The molecule has 1 aromatic carbocycles. The first kappa shape index (κ1) is 14.5. The average Bonchev–Trinajstić information content (AvgIpc) is 2.38. The van der Waals surface area contributed by atoms with E-state index in [0.717, 1.165) is 25.5 Å². The fraction of sp³-hybridized carbons (Fsp3) is 0.500. The molecule has 0 saturated heterocycles. The molecular weight excluding hydrogens is 226 g/mol. The third-order valence-corrected chi connectivity index (χ3v) is 2.49. The summed E-state index contributed by atoms with van der Waals surface area (Å²) in [5, 5.41) is 3.32. The predicted octanol–water partition coefficient (Wildman–Crippen LogP) is 1.73. The molecule has 1 rings (SSSR count). The molecule has 4 nitrogen and oxygen atoms in total. The van der Waals surface area contributed by atoms with Crippen molar-refractivity contribution in [2.75, 3.05) is 34.4 Å². The monoisotopic (exact) mass is 249 g/mol. The van der Waals surface area contributed by atoms with Gasteiger partial charge >= 0.3 is 0 Å². The third kappa shape index (κ3) is 5.68. The molecule has 1 aromatic rings. The van der Waals surface area contributed by atoms with Gasteiger partial charge in [-0.3, -0.25) is 0 Å². The summed E-state index contributed by atoms with van der Waals surface area (Å²) in [7, 11) is 5.71. The van der Waals surface area contributed by atoms with Crippen LogP contribution in [0.2, 0.25) is 0 Å². The third-order valence-electron chi connectivity index (χ3n) is 2.49. The van der Waals surface area contributed by atoms with Crippen molar-refractivity contribution in [2.24, 2.45) is 4.99 Å². The van der Waals surface area contributed by atoms with Gasteiger partial charge in [-0.05, 0) is 12.0 Å². The molecule has 0 radical (unpaired) electrons. The normalized spacial score (nSPS) is 11.4. The fourth-order valence-corrected chi connectivity index (χ4v) is 1.52. The second-order valence-electron chi connectivity index (χ2n) is 4.29. The highest BCUT2D eigenvalue weighted by Crippen LogP contribution is 2.00. The Morgan fingerprint density at radius 1 is 1.28 bits per heavy atom. The first-order valence-electron chi connectivity index (χ1n) is 6.22. The molecule has 0 aromatic heterocycles. The van der Waals surface area contributed by atoms with E-state index in [-0.39, 0.29) is 0 Å². The van der Waals surface area contributed by atoms with Gasteiger partial charge in [-0.25, -0.2) is 4.99 Å². The van der Waals surface area contributed by atoms with Crippen LogP contribution in [0, 0.1) is 0 Å². The maximum absolute atomic E-state index is 5.02. The molecule has 1 N–H and O–H groups in total. The summed E-state index contributed by atoms with van der Waals surface area (Å²) in [6.45, 7) is 2.34. The first-order valence-corrected chi connectivity index (χ1v) is 6.22. The summed E-state index contributed by atoms with van der Waals surface area (Å²) in [4.78, 5) is 6.58. The standard InChI is InChI=1S/C14H23N3O/c1-17(2)14(15-10-7-11-18-3)16-12-13-8-5-4-6-9-13/h4-6,8-9H,7,10-12H2,1-3H3,(H,15,16). The number of ether oxygens (including phenoxy) is 1. The van der Waals surface area contributed by atoms with Gasteiger partial charge in [-0.15, -0.1) is 0 Å². The minimum absolute atomic E-state index is 0.700. The molecule has 0 unspecified atom stereocenters. The van der Waals surface area contributed by atoms with Crippen LogP contribution >= 0.6 is 0 Å². The highest BCUT2D eigenvalue weighted by molar-refractivity contribution is 5.79. The van der Waals surface area contributed by atoms with Crippen molar-refractivity contribution in [1.29, 1.82) is 0 Å². The molecule has 4 heteroatoms. The number of guanidine groups is 1. The highest BCUT2D eigenvalue weighted by atomic mass is 16.5. The van der Waals surface area contributed by atoms with Crippen LogP contribution in [0.3, 0.4) is 0 Å². The van der Waals surface area contributed by atoms with Crippen LogP contribution in [0.25, 0.3) is 0 Å². The Kier molecular flexibility index (Phi) is 6.87. The molecule has 0 amide bonds. The first-order chi connectivity index (χ1) is 8.74. The Hall–Kier alpha value is -1.55. The number of hydrogen-bond donors (Lipinski definition) is 1. The van der Waals surface area contributed by atoms with Crippen LogP contribution in [-0.2, 0) is 11.3 Å². The Labute approximate surface area is 110 Å². The number of methoxy groups -OCH3 is 1. The van der Waals surface area contributed by atoms with Gasteiger partial charge < -0.3 is 15.0 Å². The van der Waals surface area contributed by atoms with Gasteiger partial charge in [-0.2, -0.15) is 0 Å². The average molecular weight is 249 g/mol. The van der Waals surface area contributed by atoms with E-state index in [4.69, 9.17) is 4.74 Å². The van der Waals surface area contributed by atoms with Crippen LogP contribution < -0.4 is 5.32 Å². The summed E-state index contributed by atoms with van der Waals surface area (Å²) in [6.07, 6.45) is 0.981. The number of hydrogen-bond acceptors (Lipinski definition) is 2. The number of nitrogens with zero attached hydrogens (tertiary/aromatic N) is 2. The van der Waals surface area contributed by atoms with Gasteiger partial charge in [0.1, 0.15) is 0 Å². The number of rotatable bonds is 6. The molecule has 0 aliphatic rings. The zero-order chi connectivity index (χ0) is 13.2. The van der Waals surface area contributed by atoms with Crippen LogP contribution in [0.1, 0.15) is 12.0 Å². The van der Waals surface area contributed by atoms with E-state index >= 15 is 0 Å². The molecule has 18 heavy (non-hydrogen) atoms. The lowest BCUT2D eigenvalue weighted by atomic mass is 10.2. The molecular formula is C14H23N3O. The van der Waals surface area contributed by atoms with Gasteiger partial charge in [0, 0.05) is 34.4 Å². The van der Waals surface area contributed by atoms with Gasteiger partial charge in [0.15, 0.2) is 5.96 Å². The van der Waals surface area contributed by atoms with E-state index in [1.165, 1.54) is 5.56 Å². The summed E-state index contributed by atoms with van der Waals surface area (Å²) < 4.78 is 5.02. The molecule has 0 heterocycles. The van der Waals surface area contributed by atoms with Crippen molar-refractivity contribution >= 4 is 5.96 Å². The lowest BCUT2D eigenvalue weighted by Crippen LogP contribution is -2.37. The zero-order valence-corrected chi connectivity index (χ0v) is 11.5. The smallest absolute Gasteiger partial charge is 0.193 e. The van der Waals surface area contributed by atoms with E-state index in [9.17, 15) is 0 Å². The van der Waals surface area contributed by atoms with Crippen LogP contribution in [0.4, 0.5) is 0 Å². The molecule has 0 aliphatic heterocycles. The highest BCUT2D eigenvalue weighted by Gasteiger charge is 2.00. The second kappa shape index (κ2) is 8.53. The molecule has 0 spiro atoms. The second-order valence-corrected chi connectivity index (χ2v) is 4.29. The van der Waals surface area contributed by atoms with Gasteiger partial charge in [0.2, 0.25) is 0 Å². The maximum atomic E-state index is 5.02. The SMILES string of the molecule is COCCCNC(=NCc1ccccc1)N(C)C. The van der Waals surface area contributed by atoms with E-state index in [2.05, 4.69) is 22.4 Å². The van der Waals surface area contributed by atoms with Crippen molar-refractivity contribution in [1.82, 2.24) is 10.2 Å². The lowest BCUT2D eigenvalue weighted by molar-refractivity contribution is 0.195. The molecule has 100 valence electrons. The molecule has 0 aliphatic carbocycles. The summed E-state index contributed by atoms with van der Waals surface area (Å²) >= 11 is 0. The van der Waals surface area contributed by atoms with Crippen molar-refractivity contribution in [2.45, 2.75) is 13.0 Å². The van der Waals surface area contributed by atoms with Crippen molar-refractivity contribution in [3.05, 3.63) is 35.9 Å². The van der Waals surface area contributed by atoms with Crippen LogP contribution in [-0.4, -0.2) is 45.2 Å². The van der Waals surface area contributed by atoms with Gasteiger partial charge in [0.05, 0.1) is 6.54 Å². The molecule has 0 fully saturated rings. The largest absolute Gasteiger partial charge is 0.385 e. The fourth-order valence-electron chi connectivity index (χ4n) is 1.52. The number of aliphatic imine (C=N–C) groups is 1. The maximum Gasteiger partial charge on any atom is 0.193 e. The van der Waals surface area contributed by atoms with Gasteiger partial charge in [-0.1, -0.05) is 30.3 Å². The Balaban J connectivity index is 2.45. The van der Waals surface area contributed by atoms with Crippen LogP contribution in [0.5, 0.6) is 0 Å². The Morgan fingerprint density at radius 3 is 2.61 bits per heavy atom. The molecule has 0 bridgehead atoms. The van der Waals surface area contributed by atoms with Crippen molar-refractivity contribution < 1.29 is 4.74 Å². The topological polar surface area (TPSA) is 36.9 Å². The van der Waals surface area contributed by atoms with Crippen molar-refractivity contribution in [3.63, 3.8) is 0 Å². The molecule has 0 saturated carbocycles. The van der Waals surface area contributed by atoms with E-state index in [1.54, 1.807) is 7.11 Å². The number of benzene rings is 1. The lowest BCUT2D eigenvalue weighted by Gasteiger charge is -2.17. The summed E-state index contributed by atoms with van der Waals surface area (Å²) in [5.41, 5.74) is 1.22. The minimum atomic E-state index is 0.700. The predicted molar refractivity (Wildman–Crippen MR) is 75.8 cm³/mol. The molecule has 0 atom stereocenters. The quantitative estimate of drug-likeness (QED) is 0.474. The Bertz CT molecular complexity index is 349. The number of nitrogens with one attached hydrogen (secondary N) is 1. The minimum Gasteiger partial charge on any atom is -0.385 e. The summed E-state index contributed by atoms with van der Waals surface area (Å²) in [6, 6.07) is 10.3. The van der Waals surface area contributed by atoms with E-state index in [1.807, 2.05) is 37.2 Å². The van der Waals surface area contributed by atoms with E-state index in [0.29, 0.717) is 6.54 Å². The van der Waals surface area contributed by atoms with Crippen LogP contribution in [0.15, 0.2) is 35.3 Å². The Morgan fingerprint density at radius 2 is 2.00 bits per heavy atom. The summed E-state index contributed by atoms with van der Waals surface area (Å²) in [5.74, 6) is 0.912.